The monoisotopic (exact) mass is 1370 g/mol. The number of likely N-dealkylation sites (N-methyl/N-ethyl adjacent to an activating group) is 2. The number of hydrogen-bond donors (Lipinski definition) is 10. The number of likely N-dealkylation sites (tertiary alicyclic amines) is 1. The Hall–Kier alpha value is -6.95. The third-order valence-corrected chi connectivity index (χ3v) is 18.5. The number of cyclic esters (lactones) is 1. The predicted molar refractivity (Wildman–Crippen MR) is 356 cm³/mol. The molecular weight excluding hydrogens is 1270 g/mol. The molecule has 2 aromatic rings. The number of hydrogen-bond acceptors (Lipinski definition) is 19. The molecule has 9 amide bonds. The lowest BCUT2D eigenvalue weighted by Gasteiger charge is -2.41. The molecule has 2 heterocycles. The van der Waals surface area contributed by atoms with Crippen molar-refractivity contribution >= 4 is 72.6 Å². The highest BCUT2D eigenvalue weighted by Gasteiger charge is 2.45. The van der Waals surface area contributed by atoms with Crippen molar-refractivity contribution < 1.29 is 85.8 Å². The van der Waals surface area contributed by atoms with Gasteiger partial charge < -0.3 is 77.0 Å². The topological polar surface area (TPSA) is 394 Å². The Morgan fingerprint density at radius 1 is 0.740 bits per heavy atom. The Morgan fingerprint density at radius 3 is 1.91 bits per heavy atom. The number of aliphatic hydroxyl groups excluding tert-OH is 1. The number of carbonyl (C=O) groups excluding carboxylic acids is 10. The number of nitrogens with zero attached hydrogens (tertiary/aromatic N) is 3. The Kier molecular flexibility index (Phi) is 32.5. The molecule has 30 heteroatoms. The van der Waals surface area contributed by atoms with Crippen LogP contribution in [0.25, 0.3) is 0 Å². The van der Waals surface area contributed by atoms with Crippen molar-refractivity contribution in [3.63, 3.8) is 0 Å². The molecule has 1 unspecified atom stereocenters. The first-order valence-electron chi connectivity index (χ1n) is 32.8. The van der Waals surface area contributed by atoms with Gasteiger partial charge in [-0.05, 0) is 87.7 Å². The third kappa shape index (κ3) is 23.4. The zero-order chi connectivity index (χ0) is 72.1. The SMILES string of the molecule is CC[C@H](C)[C@@H]([C@@H](CC(=O)N1CCC[C@H]1[C@H](OC)[C@@H](C)C(=O)N[C@H](C)[C@@H](OP(=O)(O)OCc1ccc(NC(=O)[C@H](C)NC(=O)[C@@H](NC(=O)[C@H](CO)NC(=O)[C@@H](N)CC(=O)N[C@H]2CCOC2=O)C(C)C)cc1)c1ccccc1)OC)N(C)C(=O)[C@@H](NC(=O)[C@H](C(C)C)N(C)C)C(C)C. The fourth-order valence-electron chi connectivity index (χ4n) is 12.0. The molecule has 2 saturated heterocycles. The average molecular weight is 1370 g/mol. The van der Waals surface area contributed by atoms with Gasteiger partial charge in [0.1, 0.15) is 36.3 Å². The number of rotatable bonds is 38. The number of aliphatic hydroxyl groups is 1. The van der Waals surface area contributed by atoms with Gasteiger partial charge in [0, 0.05) is 39.9 Å². The molecule has 2 aromatic carbocycles. The van der Waals surface area contributed by atoms with Gasteiger partial charge in [0.05, 0.1) is 81.0 Å². The number of anilines is 1. The first-order chi connectivity index (χ1) is 45.1. The largest absolute Gasteiger partial charge is 0.473 e. The Bertz CT molecular complexity index is 2970. The summed E-state index contributed by atoms with van der Waals surface area (Å²) in [4.78, 5) is 150. The van der Waals surface area contributed by atoms with Gasteiger partial charge in [-0.25, -0.2) is 9.36 Å². The van der Waals surface area contributed by atoms with Crippen molar-refractivity contribution in [3.8, 4) is 0 Å². The molecule has 29 nitrogen and oxygen atoms in total. The molecule has 0 radical (unpaired) electrons. The molecule has 96 heavy (non-hydrogen) atoms. The van der Waals surface area contributed by atoms with E-state index >= 15 is 0 Å². The lowest BCUT2D eigenvalue weighted by Crippen LogP contribution is -2.59. The van der Waals surface area contributed by atoms with Gasteiger partial charge in [-0.2, -0.15) is 0 Å². The van der Waals surface area contributed by atoms with Crippen LogP contribution in [0.4, 0.5) is 5.69 Å². The highest BCUT2D eigenvalue weighted by atomic mass is 31.2. The minimum atomic E-state index is -4.91. The van der Waals surface area contributed by atoms with Crippen molar-refractivity contribution in [2.45, 2.75) is 200 Å². The van der Waals surface area contributed by atoms with E-state index in [0.29, 0.717) is 36.9 Å². The van der Waals surface area contributed by atoms with Crippen molar-refractivity contribution in [2.24, 2.45) is 35.3 Å². The number of methoxy groups -OCH3 is 2. The summed E-state index contributed by atoms with van der Waals surface area (Å²) in [6.45, 7) is 18.8. The maximum absolute atomic E-state index is 14.6. The van der Waals surface area contributed by atoms with Crippen LogP contribution in [0.3, 0.4) is 0 Å². The number of amides is 9. The van der Waals surface area contributed by atoms with E-state index in [1.807, 2.05) is 60.5 Å². The Balaban J connectivity index is 1.36. The molecule has 0 aromatic heterocycles. The minimum Gasteiger partial charge on any atom is -0.464 e. The third-order valence-electron chi connectivity index (χ3n) is 17.6. The summed E-state index contributed by atoms with van der Waals surface area (Å²) in [5, 5.41) is 28.3. The number of phosphoric ester groups is 1. The van der Waals surface area contributed by atoms with Crippen molar-refractivity contribution in [2.75, 3.05) is 60.4 Å². The van der Waals surface area contributed by atoms with Gasteiger partial charge in [0.15, 0.2) is 0 Å². The number of esters is 1. The summed E-state index contributed by atoms with van der Waals surface area (Å²) in [7, 11) is 3.40. The Labute approximate surface area is 564 Å². The first-order valence-corrected chi connectivity index (χ1v) is 34.3. The molecule has 2 aliphatic heterocycles. The molecule has 0 bridgehead atoms. The number of benzene rings is 2. The van der Waals surface area contributed by atoms with E-state index in [-0.39, 0.29) is 60.6 Å². The van der Waals surface area contributed by atoms with Crippen LogP contribution in [0, 0.1) is 29.6 Å². The van der Waals surface area contributed by atoms with Crippen LogP contribution in [0.2, 0.25) is 0 Å². The summed E-state index contributed by atoms with van der Waals surface area (Å²) in [5.41, 5.74) is 6.98. The Morgan fingerprint density at radius 2 is 1.36 bits per heavy atom. The summed E-state index contributed by atoms with van der Waals surface area (Å²) in [6, 6.07) is 4.84. The number of carbonyl (C=O) groups is 10. The second kappa shape index (κ2) is 38.3. The molecular formula is C66H106N11O18P. The zero-order valence-electron chi connectivity index (χ0n) is 58.5. The molecule has 16 atom stereocenters. The van der Waals surface area contributed by atoms with Crippen LogP contribution in [0.5, 0.6) is 0 Å². The van der Waals surface area contributed by atoms with E-state index in [1.165, 1.54) is 45.4 Å². The van der Waals surface area contributed by atoms with Gasteiger partial charge in [-0.1, -0.05) is 111 Å². The van der Waals surface area contributed by atoms with Crippen LogP contribution in [-0.4, -0.2) is 212 Å². The average Bonchev–Trinajstić information content (AvgIpc) is 2.07. The number of nitrogens with one attached hydrogen (secondary N) is 7. The number of nitrogens with two attached hydrogens (primary N) is 1. The van der Waals surface area contributed by atoms with Crippen molar-refractivity contribution in [1.29, 1.82) is 0 Å². The van der Waals surface area contributed by atoms with Crippen LogP contribution in [0.15, 0.2) is 54.6 Å². The first kappa shape index (κ1) is 81.5. The molecule has 2 fully saturated rings. The highest BCUT2D eigenvalue weighted by molar-refractivity contribution is 7.47. The van der Waals surface area contributed by atoms with Gasteiger partial charge in [-0.3, -0.25) is 57.1 Å². The lowest BCUT2D eigenvalue weighted by atomic mass is 9.89. The molecule has 2 aliphatic rings. The molecule has 4 rings (SSSR count). The number of ether oxygens (including phenoxy) is 3. The molecule has 11 N–H and O–H groups in total. The predicted octanol–water partition coefficient (Wildman–Crippen LogP) is 2.42. The van der Waals surface area contributed by atoms with Gasteiger partial charge in [0.2, 0.25) is 53.2 Å². The van der Waals surface area contributed by atoms with Crippen LogP contribution in [-0.2, 0) is 82.4 Å². The van der Waals surface area contributed by atoms with Crippen molar-refractivity contribution in [1.82, 2.24) is 46.6 Å². The van der Waals surface area contributed by atoms with E-state index in [9.17, 15) is 62.5 Å². The fourth-order valence-corrected chi connectivity index (χ4v) is 13.0. The summed E-state index contributed by atoms with van der Waals surface area (Å²) >= 11 is 0. The van der Waals surface area contributed by atoms with E-state index in [0.717, 1.165) is 0 Å². The highest BCUT2D eigenvalue weighted by Crippen LogP contribution is 2.49. The summed E-state index contributed by atoms with van der Waals surface area (Å²) in [5.74, 6) is -7.76. The van der Waals surface area contributed by atoms with Crippen LogP contribution < -0.4 is 43.0 Å². The maximum Gasteiger partial charge on any atom is 0.473 e. The lowest BCUT2D eigenvalue weighted by molar-refractivity contribution is -0.148. The molecule has 0 saturated carbocycles. The molecule has 0 aliphatic carbocycles. The molecule has 0 spiro atoms. The smallest absolute Gasteiger partial charge is 0.464 e. The maximum atomic E-state index is 14.6. The van der Waals surface area contributed by atoms with E-state index in [4.69, 9.17) is 29.0 Å². The van der Waals surface area contributed by atoms with Gasteiger partial charge in [-0.15, -0.1) is 0 Å². The van der Waals surface area contributed by atoms with E-state index < -0.39 is 159 Å². The van der Waals surface area contributed by atoms with Crippen LogP contribution >= 0.6 is 7.82 Å². The number of phosphoric acid groups is 1. The second-order valence-electron chi connectivity index (χ2n) is 26.2. The quantitative estimate of drug-likeness (QED) is 0.0341. The van der Waals surface area contributed by atoms with Crippen molar-refractivity contribution in [3.05, 3.63) is 65.7 Å². The van der Waals surface area contributed by atoms with E-state index in [2.05, 4.69) is 37.2 Å². The standard InChI is InChI=1S/C66H106N11O18P/c1-17-39(8)56(76(14)65(87)54(37(4)5)74-64(86)55(38(6)7)75(12)13)50(91-15)33-52(80)77-30-21-24-49(77)57(92-16)40(9)59(81)68-41(10)58(44-22-19-18-20-23-44)95-96(89,90)94-35-43-25-27-45(28-26-43)70-60(82)42(11)69-63(85)53(36(2)3)73-62(84)48(34-78)72-61(83)46(67)32-51(79)71-47-29-31-93-66(47)88/h18-20,22-23,25-28,36-42,46-50,53-58,78H,17,21,24,29-35,67H2,1-16H3,(H,68,81)(H,69,85)(H,70,82)(H,71,79)(H,72,83)(H,73,84)(H,74,86)(H,89,90)/t39-,40+,41+,42-,46-,47-,48-,49-,50+,53-,54-,55-,56-,57+,58+/m0/s1. The second-order valence-corrected chi connectivity index (χ2v) is 27.6. The zero-order valence-corrected chi connectivity index (χ0v) is 59.3. The normalized spacial score (nSPS) is 19.6. The van der Waals surface area contributed by atoms with Gasteiger partial charge >= 0.3 is 13.8 Å². The van der Waals surface area contributed by atoms with E-state index in [1.54, 1.807) is 74.9 Å². The minimum absolute atomic E-state index is 0.0154. The fraction of sp³-hybridized carbons (Fsp3) is 0.667. The van der Waals surface area contributed by atoms with Gasteiger partial charge in [0.25, 0.3) is 0 Å². The summed E-state index contributed by atoms with van der Waals surface area (Å²) < 4.78 is 42.0. The summed E-state index contributed by atoms with van der Waals surface area (Å²) in [6.07, 6.45) is -1.32. The molecule has 538 valence electrons. The van der Waals surface area contributed by atoms with Crippen LogP contribution in [0.1, 0.15) is 132 Å².